The number of rotatable bonds is 3. The molecule has 4 bridgehead atoms. The Hall–Kier alpha value is -3.24. The van der Waals surface area contributed by atoms with E-state index in [4.69, 9.17) is 5.11 Å². The number of benzene rings is 1. The first kappa shape index (κ1) is 22.5. The lowest BCUT2D eigenvalue weighted by Gasteiger charge is -2.69. The smallest absolute Gasteiger partial charge is 0.336 e. The van der Waals surface area contributed by atoms with Crippen molar-refractivity contribution in [3.63, 3.8) is 0 Å². The molecular weight excluding hydrogens is 424 g/mol. The number of hydrogen-bond acceptors (Lipinski definition) is 2. The van der Waals surface area contributed by atoms with E-state index in [1.807, 2.05) is 0 Å². The number of hydrogen-bond donors (Lipinski definition) is 2. The van der Waals surface area contributed by atoms with Crippen molar-refractivity contribution in [2.24, 2.45) is 27.6 Å². The third-order valence-electron chi connectivity index (χ3n) is 8.68. The zero-order valence-electron chi connectivity index (χ0n) is 19.8. The minimum Gasteiger partial charge on any atom is -0.478 e. The van der Waals surface area contributed by atoms with E-state index in [0.717, 1.165) is 18.4 Å². The quantitative estimate of drug-likeness (QED) is 0.555. The van der Waals surface area contributed by atoms with Gasteiger partial charge in [0, 0.05) is 5.56 Å². The summed E-state index contributed by atoms with van der Waals surface area (Å²) in [6.07, 6.45) is 17.2. The molecule has 5 aliphatic carbocycles. The minimum absolute atomic E-state index is 0.0732. The summed E-state index contributed by atoms with van der Waals surface area (Å²) in [6, 6.07) is 3.97. The van der Waals surface area contributed by atoms with Gasteiger partial charge in [-0.15, -0.1) is 0 Å². The Morgan fingerprint density at radius 2 is 1.68 bits per heavy atom. The van der Waals surface area contributed by atoms with Crippen LogP contribution in [-0.4, -0.2) is 22.2 Å². The van der Waals surface area contributed by atoms with Gasteiger partial charge in [-0.3, -0.25) is 0 Å². The Balaban J connectivity index is 1.52. The van der Waals surface area contributed by atoms with Crippen LogP contribution in [0.4, 0.5) is 0 Å². The van der Waals surface area contributed by atoms with Crippen LogP contribution in [0.15, 0.2) is 42.5 Å². The van der Waals surface area contributed by atoms with Crippen LogP contribution in [0.5, 0.6) is 0 Å². The topological polar surface area (TPSA) is 74.6 Å². The Morgan fingerprint density at radius 3 is 2.26 bits per heavy atom. The molecule has 0 aliphatic heterocycles. The molecule has 0 saturated heterocycles. The number of carboxylic acid groups (broad SMARTS) is 2. The molecule has 2 N–H and O–H groups in total. The summed E-state index contributed by atoms with van der Waals surface area (Å²) in [5, 5.41) is 18.7. The van der Waals surface area contributed by atoms with Crippen LogP contribution in [0.2, 0.25) is 0 Å². The van der Waals surface area contributed by atoms with E-state index in [0.29, 0.717) is 10.8 Å². The predicted octanol–water partition coefficient (Wildman–Crippen LogP) is 5.94. The van der Waals surface area contributed by atoms with Crippen LogP contribution in [0.1, 0.15) is 85.1 Å². The molecular formula is C30H30O4. The summed E-state index contributed by atoms with van der Waals surface area (Å²) in [6.45, 7) is 4.95. The van der Waals surface area contributed by atoms with Gasteiger partial charge in [0.1, 0.15) is 0 Å². The predicted molar refractivity (Wildman–Crippen MR) is 130 cm³/mol. The van der Waals surface area contributed by atoms with Gasteiger partial charge in [0.15, 0.2) is 0 Å². The van der Waals surface area contributed by atoms with E-state index in [1.165, 1.54) is 50.7 Å². The van der Waals surface area contributed by atoms with Crippen LogP contribution < -0.4 is 0 Å². The molecule has 3 unspecified atom stereocenters. The second-order valence-corrected chi connectivity index (χ2v) is 11.7. The summed E-state index contributed by atoms with van der Waals surface area (Å²) >= 11 is 0. The average molecular weight is 455 g/mol. The average Bonchev–Trinajstić information content (AvgIpc) is 2.74. The maximum Gasteiger partial charge on any atom is 0.336 e. The zero-order valence-corrected chi connectivity index (χ0v) is 19.8. The number of allylic oxidation sites excluding steroid dienone is 4. The van der Waals surface area contributed by atoms with E-state index >= 15 is 0 Å². The van der Waals surface area contributed by atoms with Crippen molar-refractivity contribution in [2.75, 3.05) is 0 Å². The first-order chi connectivity index (χ1) is 16.1. The Bertz CT molecular complexity index is 1240. The molecule has 0 aromatic heterocycles. The second kappa shape index (κ2) is 7.64. The molecule has 1 aromatic carbocycles. The summed E-state index contributed by atoms with van der Waals surface area (Å²) in [5.41, 5.74) is 0.720. The molecule has 3 atom stereocenters. The molecule has 4 nitrogen and oxygen atoms in total. The first-order valence-electron chi connectivity index (χ1n) is 12.1. The highest BCUT2D eigenvalue weighted by atomic mass is 16.4. The molecule has 0 amide bonds. The molecule has 6 rings (SSSR count). The Labute approximate surface area is 201 Å². The van der Waals surface area contributed by atoms with Gasteiger partial charge in [0.25, 0.3) is 0 Å². The fourth-order valence-electron chi connectivity index (χ4n) is 8.39. The largest absolute Gasteiger partial charge is 0.478 e. The lowest BCUT2D eigenvalue weighted by molar-refractivity contribution is -0.173. The summed E-state index contributed by atoms with van der Waals surface area (Å²) in [7, 11) is 0. The van der Waals surface area contributed by atoms with Gasteiger partial charge in [-0.05, 0) is 97.1 Å². The minimum atomic E-state index is -1.20. The standard InChI is InChI=1S/C30H30O4/c1-27-15-21-16-28(2,18-27)20-30(17-21,19-27)29(11-5-3-6-12-29)13-7-4-8-22-9-10-23(25(31)32)14-24(22)26(33)34/h3,5-6,9-11,14,21H,12,15-20H2,1-2H3,(H,31,32)(H,33,34). The molecule has 0 radical (unpaired) electrons. The normalized spacial score (nSPS) is 36.8. The zero-order chi connectivity index (χ0) is 24.2. The molecule has 174 valence electrons. The molecule has 4 saturated carbocycles. The molecule has 0 heterocycles. The third kappa shape index (κ3) is 3.67. The van der Waals surface area contributed by atoms with E-state index in [2.05, 4.69) is 61.8 Å². The van der Waals surface area contributed by atoms with Crippen molar-refractivity contribution >= 4 is 11.9 Å². The van der Waals surface area contributed by atoms with Crippen molar-refractivity contribution < 1.29 is 19.8 Å². The lowest BCUT2D eigenvalue weighted by atomic mass is 9.35. The van der Waals surface area contributed by atoms with Gasteiger partial charge < -0.3 is 10.2 Å². The van der Waals surface area contributed by atoms with Gasteiger partial charge in [-0.2, -0.15) is 0 Å². The maximum absolute atomic E-state index is 11.6. The van der Waals surface area contributed by atoms with E-state index < -0.39 is 11.9 Å². The number of carbonyl (C=O) groups is 2. The Kier molecular flexibility index (Phi) is 5.07. The summed E-state index contributed by atoms with van der Waals surface area (Å²) in [5.74, 6) is 10.8. The monoisotopic (exact) mass is 454 g/mol. The highest BCUT2D eigenvalue weighted by Gasteiger charge is 2.65. The third-order valence-corrected chi connectivity index (χ3v) is 8.68. The van der Waals surface area contributed by atoms with Crippen LogP contribution in [0.25, 0.3) is 0 Å². The van der Waals surface area contributed by atoms with E-state index in [1.54, 1.807) is 0 Å². The number of carboxylic acids is 2. The van der Waals surface area contributed by atoms with Gasteiger partial charge >= 0.3 is 11.9 Å². The van der Waals surface area contributed by atoms with Crippen molar-refractivity contribution in [3.05, 3.63) is 59.2 Å². The fraction of sp³-hybridized carbons (Fsp3) is 0.467. The van der Waals surface area contributed by atoms with Gasteiger partial charge in [0.05, 0.1) is 16.5 Å². The first-order valence-corrected chi connectivity index (χ1v) is 12.1. The van der Waals surface area contributed by atoms with E-state index in [-0.39, 0.29) is 27.5 Å². The lowest BCUT2D eigenvalue weighted by Crippen LogP contribution is -2.60. The van der Waals surface area contributed by atoms with Gasteiger partial charge in [-0.25, -0.2) is 9.59 Å². The molecule has 4 heteroatoms. The molecule has 4 fully saturated rings. The maximum atomic E-state index is 11.6. The van der Waals surface area contributed by atoms with Gasteiger partial charge in [0.2, 0.25) is 0 Å². The SMILES string of the molecule is CC12CC3CC(C)(C1)CC(C1(C#CC#Cc4ccc(C(=O)O)cc4C(=O)O)C=CC=CC1)(C3)C2. The molecule has 1 aromatic rings. The van der Waals surface area contributed by atoms with Crippen LogP contribution in [0.3, 0.4) is 0 Å². The van der Waals surface area contributed by atoms with Crippen LogP contribution in [-0.2, 0) is 0 Å². The summed E-state index contributed by atoms with van der Waals surface area (Å²) in [4.78, 5) is 22.8. The van der Waals surface area contributed by atoms with Crippen LogP contribution in [0, 0.1) is 51.3 Å². The van der Waals surface area contributed by atoms with Crippen molar-refractivity contribution in [1.29, 1.82) is 0 Å². The highest BCUT2D eigenvalue weighted by Crippen LogP contribution is 2.74. The van der Waals surface area contributed by atoms with Crippen molar-refractivity contribution in [1.82, 2.24) is 0 Å². The summed E-state index contributed by atoms with van der Waals surface area (Å²) < 4.78 is 0. The molecule has 0 spiro atoms. The Morgan fingerprint density at radius 1 is 0.941 bits per heavy atom. The van der Waals surface area contributed by atoms with Crippen LogP contribution >= 0.6 is 0 Å². The van der Waals surface area contributed by atoms with E-state index in [9.17, 15) is 14.7 Å². The highest BCUT2D eigenvalue weighted by molar-refractivity contribution is 5.95. The van der Waals surface area contributed by atoms with Crippen molar-refractivity contribution in [2.45, 2.75) is 58.8 Å². The van der Waals surface area contributed by atoms with Crippen molar-refractivity contribution in [3.8, 4) is 23.7 Å². The molecule has 34 heavy (non-hydrogen) atoms. The second-order valence-electron chi connectivity index (χ2n) is 11.7. The fourth-order valence-corrected chi connectivity index (χ4v) is 8.39. The number of aromatic carboxylic acids is 2. The van der Waals surface area contributed by atoms with Gasteiger partial charge in [-0.1, -0.05) is 50.0 Å². The molecule has 5 aliphatic rings.